The molecule has 0 saturated heterocycles. The molecule has 1 aromatic carbocycles. The Hall–Kier alpha value is -2.14. The number of nitrogens with zero attached hydrogens (tertiary/aromatic N) is 2. The molecule has 1 aromatic heterocycles. The third-order valence-corrected chi connectivity index (χ3v) is 2.55. The van der Waals surface area contributed by atoms with E-state index >= 15 is 0 Å². The minimum absolute atomic E-state index is 0.385. The minimum Gasteiger partial charge on any atom is -0.429 e. The molecule has 0 fully saturated rings. The maximum Gasteiger partial charge on any atom is 0.197 e. The molecule has 0 aliphatic carbocycles. The molecule has 1 heterocycles. The molecule has 18 heavy (non-hydrogen) atoms. The van der Waals surface area contributed by atoms with E-state index in [1.165, 1.54) is 6.20 Å². The van der Waals surface area contributed by atoms with Gasteiger partial charge < -0.3 is 10.5 Å². The third-order valence-electron chi connectivity index (χ3n) is 2.36. The fraction of sp³-hybridized carbons (Fsp3) is 0.0769. The molecule has 2 aromatic rings. The highest BCUT2D eigenvalue weighted by atomic mass is 32.1. The lowest BCUT2D eigenvalue weighted by atomic mass is 10.3. The first-order valence-corrected chi connectivity index (χ1v) is 5.85. The topological polar surface area (TPSA) is 49.5 Å². The van der Waals surface area contributed by atoms with Gasteiger partial charge in [0.05, 0.1) is 11.1 Å². The normalized spacial score (nSPS) is 11.3. The molecule has 0 amide bonds. The minimum atomic E-state index is 0.385. The van der Waals surface area contributed by atoms with Crippen LogP contribution in [0, 0.1) is 6.92 Å². The Morgan fingerprint density at radius 3 is 2.67 bits per heavy atom. The van der Waals surface area contributed by atoms with Gasteiger partial charge in [-0.15, -0.1) is 0 Å². The number of aryl methyl sites for hydroxylation is 1. The zero-order valence-electron chi connectivity index (χ0n) is 9.87. The van der Waals surface area contributed by atoms with Gasteiger partial charge >= 0.3 is 0 Å². The number of para-hydroxylation sites is 1. The summed E-state index contributed by atoms with van der Waals surface area (Å²) >= 11 is 5.15. The van der Waals surface area contributed by atoms with Gasteiger partial charge in [0, 0.05) is 11.9 Å². The maximum atomic E-state index is 9.34. The largest absolute Gasteiger partial charge is 0.429 e. The third kappa shape index (κ3) is 3.18. The van der Waals surface area contributed by atoms with Crippen molar-refractivity contribution in [3.05, 3.63) is 59.7 Å². The lowest BCUT2D eigenvalue weighted by Gasteiger charge is -2.03. The van der Waals surface area contributed by atoms with Crippen molar-refractivity contribution in [1.82, 2.24) is 4.73 Å². The smallest absolute Gasteiger partial charge is 0.197 e. The van der Waals surface area contributed by atoms with Crippen molar-refractivity contribution in [2.24, 2.45) is 4.99 Å². The van der Waals surface area contributed by atoms with Gasteiger partial charge in [-0.3, -0.25) is 0 Å². The van der Waals surface area contributed by atoms with Gasteiger partial charge in [0.15, 0.2) is 5.11 Å². The van der Waals surface area contributed by atoms with E-state index in [1.807, 2.05) is 30.3 Å². The molecule has 0 saturated carbocycles. The quantitative estimate of drug-likeness (QED) is 0.610. The number of hydrogen-bond donors (Lipinski definition) is 2. The lowest BCUT2D eigenvalue weighted by Crippen LogP contribution is -2.14. The second kappa shape index (κ2) is 5.46. The predicted octanol–water partition coefficient (Wildman–Crippen LogP) is 2.33. The Bertz CT molecular complexity index is 620. The fourth-order valence-corrected chi connectivity index (χ4v) is 1.68. The number of benzene rings is 1. The van der Waals surface area contributed by atoms with Gasteiger partial charge in [0.25, 0.3) is 0 Å². The van der Waals surface area contributed by atoms with Crippen LogP contribution >= 0.6 is 12.2 Å². The van der Waals surface area contributed by atoms with Crippen molar-refractivity contribution in [3.63, 3.8) is 0 Å². The number of rotatable bonds is 1. The van der Waals surface area contributed by atoms with Crippen LogP contribution < -0.4 is 10.7 Å². The number of anilines is 1. The molecule has 0 aliphatic rings. The van der Waals surface area contributed by atoms with Crippen LogP contribution in [-0.4, -0.2) is 15.1 Å². The second-order valence-electron chi connectivity index (χ2n) is 3.78. The maximum absolute atomic E-state index is 9.34. The number of pyridine rings is 1. The van der Waals surface area contributed by atoms with Crippen LogP contribution in [-0.2, 0) is 0 Å². The zero-order chi connectivity index (χ0) is 13.0. The van der Waals surface area contributed by atoms with E-state index in [2.05, 4.69) is 10.3 Å². The van der Waals surface area contributed by atoms with Gasteiger partial charge in [0.1, 0.15) is 0 Å². The van der Waals surface area contributed by atoms with E-state index in [9.17, 15) is 5.21 Å². The zero-order valence-corrected chi connectivity index (χ0v) is 10.7. The number of thiocarbonyl (C=S) groups is 1. The van der Waals surface area contributed by atoms with Gasteiger partial charge in [-0.2, -0.15) is 4.73 Å². The van der Waals surface area contributed by atoms with Crippen LogP contribution in [0.2, 0.25) is 0 Å². The number of hydrogen-bond acceptors (Lipinski definition) is 2. The highest BCUT2D eigenvalue weighted by Gasteiger charge is 1.95. The van der Waals surface area contributed by atoms with Crippen LogP contribution in [0.25, 0.3) is 0 Å². The van der Waals surface area contributed by atoms with Crippen molar-refractivity contribution in [2.45, 2.75) is 6.92 Å². The molecule has 2 N–H and O–H groups in total. The van der Waals surface area contributed by atoms with Crippen LogP contribution in [0.1, 0.15) is 5.69 Å². The molecular weight excluding hydrogens is 246 g/mol. The van der Waals surface area contributed by atoms with Crippen LogP contribution in [0.4, 0.5) is 5.69 Å². The fourth-order valence-electron chi connectivity index (χ4n) is 1.45. The van der Waals surface area contributed by atoms with Crippen molar-refractivity contribution < 1.29 is 5.21 Å². The van der Waals surface area contributed by atoms with Crippen molar-refractivity contribution >= 4 is 23.0 Å². The Labute approximate surface area is 110 Å². The van der Waals surface area contributed by atoms with Crippen molar-refractivity contribution in [1.29, 1.82) is 0 Å². The first kappa shape index (κ1) is 12.3. The predicted molar refractivity (Wildman–Crippen MR) is 74.6 cm³/mol. The van der Waals surface area contributed by atoms with Crippen molar-refractivity contribution in [2.75, 3.05) is 5.32 Å². The molecule has 0 bridgehead atoms. The molecule has 2 rings (SSSR count). The highest BCUT2D eigenvalue weighted by Crippen LogP contribution is 2.04. The monoisotopic (exact) mass is 259 g/mol. The molecule has 5 heteroatoms. The Morgan fingerprint density at radius 1 is 1.28 bits per heavy atom. The average Bonchev–Trinajstić information content (AvgIpc) is 2.35. The van der Waals surface area contributed by atoms with Crippen molar-refractivity contribution in [3.8, 4) is 0 Å². The summed E-state index contributed by atoms with van der Waals surface area (Å²) in [6.45, 7) is 1.78. The first-order chi connectivity index (χ1) is 8.65. The first-order valence-electron chi connectivity index (χ1n) is 5.44. The van der Waals surface area contributed by atoms with E-state index in [0.29, 0.717) is 16.2 Å². The summed E-state index contributed by atoms with van der Waals surface area (Å²) in [6.07, 6.45) is 1.53. The molecule has 92 valence electrons. The summed E-state index contributed by atoms with van der Waals surface area (Å²) in [6, 6.07) is 13.1. The van der Waals surface area contributed by atoms with E-state index in [4.69, 9.17) is 12.2 Å². The lowest BCUT2D eigenvalue weighted by molar-refractivity contribution is 0.177. The van der Waals surface area contributed by atoms with Crippen LogP contribution in [0.15, 0.2) is 53.7 Å². The van der Waals surface area contributed by atoms with E-state index in [-0.39, 0.29) is 0 Å². The molecular formula is C13H13N3OS. The summed E-state index contributed by atoms with van der Waals surface area (Å²) in [4.78, 5) is 4.25. The molecule has 0 aliphatic heterocycles. The summed E-state index contributed by atoms with van der Waals surface area (Å²) in [5.74, 6) is 0. The summed E-state index contributed by atoms with van der Waals surface area (Å²) in [7, 11) is 0. The molecule has 0 spiro atoms. The molecule has 0 unspecified atom stereocenters. The number of nitrogens with one attached hydrogen (secondary N) is 1. The summed E-state index contributed by atoms with van der Waals surface area (Å²) in [5.41, 5.74) is 1.59. The molecule has 0 radical (unpaired) electrons. The van der Waals surface area contributed by atoms with Crippen LogP contribution in [0.5, 0.6) is 0 Å². The second-order valence-corrected chi connectivity index (χ2v) is 4.17. The van der Waals surface area contributed by atoms with Gasteiger partial charge in [-0.05, 0) is 43.4 Å². The standard InChI is InChI=1S/C13H13N3OS/c1-10-9-12(7-8-16(10)17)15-13(18)14-11-5-3-2-4-6-11/h2-9,17H,1H3,(H,14,18)/b15-12+. The van der Waals surface area contributed by atoms with Gasteiger partial charge in [0.2, 0.25) is 0 Å². The molecule has 0 atom stereocenters. The van der Waals surface area contributed by atoms with E-state index < -0.39 is 0 Å². The van der Waals surface area contributed by atoms with Gasteiger partial charge in [-0.25, -0.2) is 4.99 Å². The SMILES string of the molecule is Cc1c/c(=N/C(=S)Nc2ccccc2)ccn1O. The Kier molecular flexibility index (Phi) is 3.74. The van der Waals surface area contributed by atoms with Crippen LogP contribution in [0.3, 0.4) is 0 Å². The Balaban J connectivity index is 2.18. The van der Waals surface area contributed by atoms with Gasteiger partial charge in [-0.1, -0.05) is 18.2 Å². The summed E-state index contributed by atoms with van der Waals surface area (Å²) in [5, 5.41) is 13.4. The highest BCUT2D eigenvalue weighted by molar-refractivity contribution is 7.80. The van der Waals surface area contributed by atoms with E-state index in [0.717, 1.165) is 10.4 Å². The average molecular weight is 259 g/mol. The summed E-state index contributed by atoms with van der Waals surface area (Å²) < 4.78 is 1.03. The molecule has 4 nitrogen and oxygen atoms in total. The van der Waals surface area contributed by atoms with E-state index in [1.54, 1.807) is 19.1 Å². The number of aromatic nitrogens is 1. The Morgan fingerprint density at radius 2 is 2.00 bits per heavy atom.